The lowest BCUT2D eigenvalue weighted by Crippen LogP contribution is -2.26. The second-order valence-corrected chi connectivity index (χ2v) is 7.73. The minimum absolute atomic E-state index is 0.0354. The van der Waals surface area contributed by atoms with E-state index in [9.17, 15) is 9.59 Å². The normalized spacial score (nSPS) is 16.4. The summed E-state index contributed by atoms with van der Waals surface area (Å²) in [5.74, 6) is -0.185. The van der Waals surface area contributed by atoms with E-state index >= 15 is 0 Å². The Kier molecular flexibility index (Phi) is 5.40. The van der Waals surface area contributed by atoms with Crippen molar-refractivity contribution in [3.8, 4) is 0 Å². The molecule has 5 nitrogen and oxygen atoms in total. The van der Waals surface area contributed by atoms with E-state index in [4.69, 9.17) is 23.2 Å². The van der Waals surface area contributed by atoms with Crippen LogP contribution < -0.4 is 16.2 Å². The molecule has 2 heterocycles. The third-order valence-corrected chi connectivity index (χ3v) is 5.76. The number of rotatable bonds is 4. The number of hydrogen-bond donors (Lipinski definition) is 2. The Balaban J connectivity index is 1.60. The molecule has 0 unspecified atom stereocenters. The Hall–Kier alpha value is -2.34. The number of benzene rings is 2. The Labute approximate surface area is 172 Å². The lowest BCUT2D eigenvalue weighted by Gasteiger charge is -2.15. The molecule has 1 saturated heterocycles. The molecule has 7 heteroatoms. The Morgan fingerprint density at radius 3 is 2.75 bits per heavy atom. The quantitative estimate of drug-likeness (QED) is 0.675. The molecule has 0 spiro atoms. The van der Waals surface area contributed by atoms with E-state index in [0.717, 1.165) is 30.5 Å². The second-order valence-electron chi connectivity index (χ2n) is 6.92. The van der Waals surface area contributed by atoms with E-state index < -0.39 is 0 Å². The summed E-state index contributed by atoms with van der Waals surface area (Å²) >= 11 is 11.9. The number of fused-ring (bicyclic) bond motifs is 1. The molecule has 4 rings (SSSR count). The predicted octanol–water partition coefficient (Wildman–Crippen LogP) is 4.02. The van der Waals surface area contributed by atoms with Crippen molar-refractivity contribution in [2.45, 2.75) is 18.9 Å². The van der Waals surface area contributed by atoms with Crippen molar-refractivity contribution in [3.05, 3.63) is 74.6 Å². The van der Waals surface area contributed by atoms with Crippen molar-refractivity contribution in [1.82, 2.24) is 9.88 Å². The molecule has 144 valence electrons. The molecule has 1 amide bonds. The van der Waals surface area contributed by atoms with Gasteiger partial charge in [-0.05, 0) is 48.9 Å². The zero-order valence-electron chi connectivity index (χ0n) is 15.0. The number of aromatic nitrogens is 1. The first kappa shape index (κ1) is 19.0. The van der Waals surface area contributed by atoms with Crippen molar-refractivity contribution in [2.24, 2.45) is 0 Å². The summed E-state index contributed by atoms with van der Waals surface area (Å²) in [5, 5.41) is 8.39. The minimum atomic E-state index is -0.185. The highest BCUT2D eigenvalue weighted by Gasteiger charge is 2.18. The first-order chi connectivity index (χ1) is 13.5. The van der Waals surface area contributed by atoms with Gasteiger partial charge in [0.25, 0.3) is 5.56 Å². The largest absolute Gasteiger partial charge is 0.325 e. The standard InChI is InChI=1S/C21H19Cl2N3O2/c22-17-5-4-13(10-18(17)23)11-20(27)25-19-3-1-2-16-15(19)7-9-26(21(16)28)14-6-8-24-12-14/h1-5,7,9-10,14,24H,6,8,11-12H2,(H,25,27)/t14-/m1/s1. The summed E-state index contributed by atoms with van der Waals surface area (Å²) in [6, 6.07) is 12.6. The van der Waals surface area contributed by atoms with Crippen LogP contribution in [-0.4, -0.2) is 23.6 Å². The van der Waals surface area contributed by atoms with Crippen LogP contribution in [0.5, 0.6) is 0 Å². The first-order valence-corrected chi connectivity index (χ1v) is 9.87. The third-order valence-electron chi connectivity index (χ3n) is 5.02. The maximum absolute atomic E-state index is 12.9. The van der Waals surface area contributed by atoms with Crippen molar-refractivity contribution >= 4 is 45.6 Å². The highest BCUT2D eigenvalue weighted by molar-refractivity contribution is 6.42. The number of carbonyl (C=O) groups excluding carboxylic acids is 1. The van der Waals surface area contributed by atoms with Crippen LogP contribution in [-0.2, 0) is 11.2 Å². The summed E-state index contributed by atoms with van der Waals surface area (Å²) < 4.78 is 1.78. The minimum Gasteiger partial charge on any atom is -0.325 e. The Morgan fingerprint density at radius 1 is 1.14 bits per heavy atom. The number of hydrogen-bond acceptors (Lipinski definition) is 3. The van der Waals surface area contributed by atoms with Crippen LogP contribution in [0.4, 0.5) is 5.69 Å². The third kappa shape index (κ3) is 3.78. The number of amides is 1. The van der Waals surface area contributed by atoms with E-state index in [1.807, 2.05) is 12.3 Å². The monoisotopic (exact) mass is 415 g/mol. The fourth-order valence-corrected chi connectivity index (χ4v) is 3.92. The number of nitrogens with zero attached hydrogens (tertiary/aromatic N) is 1. The predicted molar refractivity (Wildman–Crippen MR) is 114 cm³/mol. The molecule has 0 aliphatic carbocycles. The lowest BCUT2D eigenvalue weighted by molar-refractivity contribution is -0.115. The number of anilines is 1. The molecule has 3 aromatic rings. The van der Waals surface area contributed by atoms with Gasteiger partial charge in [0.05, 0.1) is 22.5 Å². The molecular formula is C21H19Cl2N3O2. The average Bonchev–Trinajstić information content (AvgIpc) is 3.20. The van der Waals surface area contributed by atoms with Gasteiger partial charge in [-0.1, -0.05) is 35.3 Å². The van der Waals surface area contributed by atoms with Gasteiger partial charge in [-0.2, -0.15) is 0 Å². The molecule has 1 aliphatic rings. The van der Waals surface area contributed by atoms with Gasteiger partial charge in [0, 0.05) is 29.2 Å². The summed E-state index contributed by atoms with van der Waals surface area (Å²) in [5.41, 5.74) is 1.35. The van der Waals surface area contributed by atoms with Crippen LogP contribution in [0.2, 0.25) is 10.0 Å². The molecule has 1 aromatic heterocycles. The van der Waals surface area contributed by atoms with Crippen LogP contribution >= 0.6 is 23.2 Å². The van der Waals surface area contributed by atoms with Crippen LogP contribution in [0.1, 0.15) is 18.0 Å². The van der Waals surface area contributed by atoms with Crippen LogP contribution in [0.3, 0.4) is 0 Å². The molecular weight excluding hydrogens is 397 g/mol. The lowest BCUT2D eigenvalue weighted by atomic mass is 10.1. The summed E-state index contributed by atoms with van der Waals surface area (Å²) in [6.07, 6.45) is 2.92. The Bertz CT molecular complexity index is 1100. The fraction of sp³-hybridized carbons (Fsp3) is 0.238. The SMILES string of the molecule is O=C(Cc1ccc(Cl)c(Cl)c1)Nc1cccc2c(=O)n([C@@H]3CCNC3)ccc12. The van der Waals surface area contributed by atoms with Gasteiger partial charge in [0.2, 0.25) is 5.91 Å². The Morgan fingerprint density at radius 2 is 2.00 bits per heavy atom. The molecule has 0 bridgehead atoms. The molecule has 1 fully saturated rings. The molecule has 0 radical (unpaired) electrons. The number of nitrogens with one attached hydrogen (secondary N) is 2. The van der Waals surface area contributed by atoms with Gasteiger partial charge in [-0.25, -0.2) is 0 Å². The van der Waals surface area contributed by atoms with E-state index in [1.54, 1.807) is 41.0 Å². The van der Waals surface area contributed by atoms with Gasteiger partial charge in [-0.3, -0.25) is 9.59 Å². The van der Waals surface area contributed by atoms with E-state index in [-0.39, 0.29) is 23.9 Å². The van der Waals surface area contributed by atoms with Crippen LogP contribution in [0.15, 0.2) is 53.5 Å². The highest BCUT2D eigenvalue weighted by atomic mass is 35.5. The van der Waals surface area contributed by atoms with Crippen molar-refractivity contribution in [1.29, 1.82) is 0 Å². The number of pyridine rings is 1. The van der Waals surface area contributed by atoms with Gasteiger partial charge >= 0.3 is 0 Å². The van der Waals surface area contributed by atoms with Gasteiger partial charge in [0.1, 0.15) is 0 Å². The zero-order chi connectivity index (χ0) is 19.7. The van der Waals surface area contributed by atoms with E-state index in [2.05, 4.69) is 10.6 Å². The molecule has 0 saturated carbocycles. The van der Waals surface area contributed by atoms with Crippen LogP contribution in [0, 0.1) is 0 Å². The fourth-order valence-electron chi connectivity index (χ4n) is 3.60. The molecule has 28 heavy (non-hydrogen) atoms. The zero-order valence-corrected chi connectivity index (χ0v) is 16.6. The smallest absolute Gasteiger partial charge is 0.258 e. The molecule has 2 aromatic carbocycles. The number of carbonyl (C=O) groups is 1. The second kappa shape index (κ2) is 7.95. The topological polar surface area (TPSA) is 63.1 Å². The van der Waals surface area contributed by atoms with Crippen molar-refractivity contribution in [3.63, 3.8) is 0 Å². The van der Waals surface area contributed by atoms with E-state index in [1.165, 1.54) is 0 Å². The average molecular weight is 416 g/mol. The van der Waals surface area contributed by atoms with Gasteiger partial charge < -0.3 is 15.2 Å². The molecule has 1 atom stereocenters. The number of halogens is 2. The summed E-state index contributed by atoms with van der Waals surface area (Å²) in [7, 11) is 0. The van der Waals surface area contributed by atoms with Gasteiger partial charge in [0.15, 0.2) is 0 Å². The van der Waals surface area contributed by atoms with Crippen LogP contribution in [0.25, 0.3) is 10.8 Å². The summed E-state index contributed by atoms with van der Waals surface area (Å²) in [4.78, 5) is 25.4. The molecule has 2 N–H and O–H groups in total. The van der Waals surface area contributed by atoms with Gasteiger partial charge in [-0.15, -0.1) is 0 Å². The maximum Gasteiger partial charge on any atom is 0.258 e. The molecule has 1 aliphatic heterocycles. The van der Waals surface area contributed by atoms with E-state index in [0.29, 0.717) is 21.1 Å². The van der Waals surface area contributed by atoms with Crippen molar-refractivity contribution in [2.75, 3.05) is 18.4 Å². The van der Waals surface area contributed by atoms with Crippen molar-refractivity contribution < 1.29 is 4.79 Å². The highest BCUT2D eigenvalue weighted by Crippen LogP contribution is 2.25. The summed E-state index contributed by atoms with van der Waals surface area (Å²) in [6.45, 7) is 1.71. The maximum atomic E-state index is 12.9. The first-order valence-electron chi connectivity index (χ1n) is 9.11.